The molecular formula is C22H28O. The van der Waals surface area contributed by atoms with Gasteiger partial charge in [0, 0.05) is 0 Å². The number of hydrogen-bond donors (Lipinski definition) is 0. The molecule has 1 aliphatic rings. The molecule has 0 amide bonds. The summed E-state index contributed by atoms with van der Waals surface area (Å²) < 4.78 is 6.39. The van der Waals surface area contributed by atoms with Crippen LogP contribution in [0.2, 0.25) is 0 Å². The summed E-state index contributed by atoms with van der Waals surface area (Å²) in [6.07, 6.45) is 2.63. The number of rotatable bonds is 6. The van der Waals surface area contributed by atoms with Crippen LogP contribution in [-0.2, 0) is 4.74 Å². The normalized spacial score (nSPS) is 24.7. The Bertz CT molecular complexity index is 629. The summed E-state index contributed by atoms with van der Waals surface area (Å²) in [5.74, 6) is 1.49. The average Bonchev–Trinajstić information content (AvgIpc) is 3.16. The predicted octanol–water partition coefficient (Wildman–Crippen LogP) is 6.26. The van der Waals surface area contributed by atoms with E-state index in [0.29, 0.717) is 0 Å². The molecule has 2 aromatic rings. The van der Waals surface area contributed by atoms with Crippen molar-refractivity contribution in [1.29, 1.82) is 0 Å². The van der Waals surface area contributed by atoms with Gasteiger partial charge in [-0.3, -0.25) is 0 Å². The Labute approximate surface area is 140 Å². The third-order valence-electron chi connectivity index (χ3n) is 5.04. The molecule has 0 aromatic heterocycles. The molecule has 3 rings (SSSR count). The highest BCUT2D eigenvalue weighted by Crippen LogP contribution is 2.52. The Kier molecular flexibility index (Phi) is 4.59. The monoisotopic (exact) mass is 308 g/mol. The fourth-order valence-electron chi connectivity index (χ4n) is 3.53. The van der Waals surface area contributed by atoms with Crippen LogP contribution in [0.1, 0.15) is 52.2 Å². The lowest BCUT2D eigenvalue weighted by Crippen LogP contribution is -2.16. The lowest BCUT2D eigenvalue weighted by Gasteiger charge is -2.21. The van der Waals surface area contributed by atoms with Gasteiger partial charge in [0.15, 0.2) is 0 Å². The first-order valence-electron chi connectivity index (χ1n) is 8.81. The summed E-state index contributed by atoms with van der Waals surface area (Å²) in [6.45, 7) is 9.04. The van der Waals surface area contributed by atoms with Gasteiger partial charge in [0.05, 0.1) is 11.7 Å². The molecule has 1 nitrogen and oxygen atoms in total. The van der Waals surface area contributed by atoms with E-state index in [-0.39, 0.29) is 11.7 Å². The second-order valence-corrected chi connectivity index (χ2v) is 7.59. The topological polar surface area (TPSA) is 9.23 Å². The first kappa shape index (κ1) is 16.3. The largest absolute Gasteiger partial charge is 0.367 e. The molecule has 0 N–H and O–H groups in total. The fraction of sp³-hybridized carbons (Fsp3) is 0.455. The van der Waals surface area contributed by atoms with Gasteiger partial charge in [-0.05, 0) is 55.2 Å². The Morgan fingerprint density at radius 3 is 2.17 bits per heavy atom. The van der Waals surface area contributed by atoms with Gasteiger partial charge >= 0.3 is 0 Å². The highest BCUT2D eigenvalue weighted by Gasteiger charge is 2.51. The molecule has 1 fully saturated rings. The minimum Gasteiger partial charge on any atom is -0.367 e. The molecule has 3 unspecified atom stereocenters. The Balaban J connectivity index is 1.64. The molecule has 0 radical (unpaired) electrons. The Morgan fingerprint density at radius 1 is 0.957 bits per heavy atom. The zero-order valence-corrected chi connectivity index (χ0v) is 14.8. The van der Waals surface area contributed by atoms with Gasteiger partial charge in [0.2, 0.25) is 0 Å². The molecule has 1 saturated carbocycles. The first-order chi connectivity index (χ1) is 11.0. The van der Waals surface area contributed by atoms with Crippen molar-refractivity contribution >= 4 is 0 Å². The molecule has 0 saturated heterocycles. The van der Waals surface area contributed by atoms with E-state index < -0.39 is 0 Å². The molecule has 2 aromatic carbocycles. The van der Waals surface area contributed by atoms with E-state index in [1.165, 1.54) is 29.5 Å². The molecule has 0 spiro atoms. The van der Waals surface area contributed by atoms with Crippen LogP contribution in [0.4, 0.5) is 0 Å². The lowest BCUT2D eigenvalue weighted by molar-refractivity contribution is -0.0227. The highest BCUT2D eigenvalue weighted by atomic mass is 16.5. The number of ether oxygens (including phenoxy) is 1. The van der Waals surface area contributed by atoms with Crippen LogP contribution in [0.5, 0.6) is 0 Å². The van der Waals surface area contributed by atoms with E-state index in [4.69, 9.17) is 4.74 Å². The molecule has 1 aliphatic carbocycles. The van der Waals surface area contributed by atoms with Gasteiger partial charge in [0.1, 0.15) is 0 Å². The maximum absolute atomic E-state index is 6.39. The zero-order chi connectivity index (χ0) is 16.4. The smallest absolute Gasteiger partial charge is 0.0804 e. The van der Waals surface area contributed by atoms with E-state index in [2.05, 4.69) is 82.3 Å². The van der Waals surface area contributed by atoms with Crippen molar-refractivity contribution in [3.05, 3.63) is 60.2 Å². The second kappa shape index (κ2) is 6.49. The highest BCUT2D eigenvalue weighted by molar-refractivity contribution is 5.63. The molecule has 0 heterocycles. The molecule has 3 atom stereocenters. The van der Waals surface area contributed by atoms with E-state index in [9.17, 15) is 0 Å². The minimum absolute atomic E-state index is 0.0851. The van der Waals surface area contributed by atoms with Gasteiger partial charge in [-0.1, -0.05) is 68.4 Å². The van der Waals surface area contributed by atoms with E-state index in [0.717, 1.165) is 11.8 Å². The SMILES string of the molecule is CC(C)CC1CC1(C)OC(C)c1ccc(-c2ccccc2)cc1. The summed E-state index contributed by atoms with van der Waals surface area (Å²) in [4.78, 5) is 0. The standard InChI is InChI=1S/C22H28O/c1-16(2)14-21-15-22(21,4)23-17(3)18-10-12-20(13-11-18)19-8-6-5-7-9-19/h5-13,16-17,21H,14-15H2,1-4H3. The Morgan fingerprint density at radius 2 is 1.57 bits per heavy atom. The maximum Gasteiger partial charge on any atom is 0.0804 e. The van der Waals surface area contributed by atoms with Crippen molar-refractivity contribution in [2.75, 3.05) is 0 Å². The molecule has 0 aliphatic heterocycles. The van der Waals surface area contributed by atoms with Crippen LogP contribution < -0.4 is 0 Å². The summed E-state index contributed by atoms with van der Waals surface area (Å²) in [5, 5.41) is 0. The predicted molar refractivity (Wildman–Crippen MR) is 97.3 cm³/mol. The van der Waals surface area contributed by atoms with Crippen LogP contribution in [0, 0.1) is 11.8 Å². The second-order valence-electron chi connectivity index (χ2n) is 7.59. The van der Waals surface area contributed by atoms with Crippen LogP contribution in [-0.4, -0.2) is 5.60 Å². The molecule has 1 heteroatoms. The summed E-state index contributed by atoms with van der Waals surface area (Å²) in [6, 6.07) is 19.3. The lowest BCUT2D eigenvalue weighted by atomic mass is 10.0. The van der Waals surface area contributed by atoms with Crippen LogP contribution in [0.25, 0.3) is 11.1 Å². The minimum atomic E-state index is 0.0851. The van der Waals surface area contributed by atoms with Crippen molar-refractivity contribution in [2.24, 2.45) is 11.8 Å². The van der Waals surface area contributed by atoms with E-state index in [1.807, 2.05) is 0 Å². The van der Waals surface area contributed by atoms with Crippen LogP contribution in [0.3, 0.4) is 0 Å². The average molecular weight is 308 g/mol. The van der Waals surface area contributed by atoms with E-state index >= 15 is 0 Å². The van der Waals surface area contributed by atoms with Gasteiger partial charge in [-0.2, -0.15) is 0 Å². The van der Waals surface area contributed by atoms with Gasteiger partial charge in [-0.15, -0.1) is 0 Å². The maximum atomic E-state index is 6.39. The summed E-state index contributed by atoms with van der Waals surface area (Å²) in [5.41, 5.74) is 3.87. The molecular weight excluding hydrogens is 280 g/mol. The van der Waals surface area contributed by atoms with Crippen LogP contribution >= 0.6 is 0 Å². The number of hydrogen-bond acceptors (Lipinski definition) is 1. The Hall–Kier alpha value is -1.60. The van der Waals surface area contributed by atoms with Crippen molar-refractivity contribution in [3.8, 4) is 11.1 Å². The van der Waals surface area contributed by atoms with Gasteiger partial charge in [-0.25, -0.2) is 0 Å². The summed E-state index contributed by atoms with van der Waals surface area (Å²) >= 11 is 0. The quantitative estimate of drug-likeness (QED) is 0.612. The first-order valence-corrected chi connectivity index (χ1v) is 8.81. The molecule has 23 heavy (non-hydrogen) atoms. The van der Waals surface area contributed by atoms with Crippen molar-refractivity contribution < 1.29 is 4.74 Å². The summed E-state index contributed by atoms with van der Waals surface area (Å²) in [7, 11) is 0. The zero-order valence-electron chi connectivity index (χ0n) is 14.8. The van der Waals surface area contributed by atoms with Gasteiger partial charge < -0.3 is 4.74 Å². The van der Waals surface area contributed by atoms with Crippen molar-refractivity contribution in [1.82, 2.24) is 0 Å². The number of benzene rings is 2. The van der Waals surface area contributed by atoms with Crippen molar-refractivity contribution in [3.63, 3.8) is 0 Å². The fourth-order valence-corrected chi connectivity index (χ4v) is 3.53. The third-order valence-corrected chi connectivity index (χ3v) is 5.04. The van der Waals surface area contributed by atoms with Crippen LogP contribution in [0.15, 0.2) is 54.6 Å². The van der Waals surface area contributed by atoms with Crippen molar-refractivity contribution in [2.45, 2.75) is 52.2 Å². The van der Waals surface area contributed by atoms with E-state index in [1.54, 1.807) is 0 Å². The molecule has 122 valence electrons. The third kappa shape index (κ3) is 3.84. The van der Waals surface area contributed by atoms with Gasteiger partial charge in [0.25, 0.3) is 0 Å². The molecule has 0 bridgehead atoms.